The lowest BCUT2D eigenvalue weighted by Gasteiger charge is -2.24. The monoisotopic (exact) mass is 375 g/mol. The number of rotatable bonds is 3. The smallest absolute Gasteiger partial charge is 0.270 e. The molecule has 0 fully saturated rings. The van der Waals surface area contributed by atoms with Crippen LogP contribution < -0.4 is 10.5 Å². The van der Waals surface area contributed by atoms with Gasteiger partial charge in [0.2, 0.25) is 11.8 Å². The van der Waals surface area contributed by atoms with Crippen molar-refractivity contribution in [2.75, 3.05) is 0 Å². The minimum atomic E-state index is -0.658. The zero-order valence-electron chi connectivity index (χ0n) is 14.3. The van der Waals surface area contributed by atoms with Crippen molar-refractivity contribution in [3.05, 3.63) is 81.2 Å². The van der Waals surface area contributed by atoms with Gasteiger partial charge in [-0.2, -0.15) is 5.26 Å². The number of nitrogens with two attached hydrogens (primary N) is 1. The Kier molecular flexibility index (Phi) is 3.94. The van der Waals surface area contributed by atoms with E-state index in [1.165, 1.54) is 24.3 Å². The van der Waals surface area contributed by atoms with Crippen molar-refractivity contribution in [3.63, 3.8) is 0 Å². The predicted octanol–water partition coefficient (Wildman–Crippen LogP) is 2.91. The van der Waals surface area contributed by atoms with Crippen LogP contribution >= 0.6 is 0 Å². The molecule has 0 spiro atoms. The second-order valence-electron chi connectivity index (χ2n) is 6.14. The van der Waals surface area contributed by atoms with Crippen LogP contribution in [0.5, 0.6) is 11.6 Å². The average Bonchev–Trinajstić information content (AvgIpc) is 3.10. The fraction of sp³-hybridized carbons (Fsp3) is 0.0526. The number of phenolic OH excluding ortho intramolecular Hbond substituents is 1. The van der Waals surface area contributed by atoms with Crippen molar-refractivity contribution in [2.45, 2.75) is 5.92 Å². The van der Waals surface area contributed by atoms with Gasteiger partial charge in [-0.15, -0.1) is 5.10 Å². The van der Waals surface area contributed by atoms with E-state index in [9.17, 15) is 20.5 Å². The molecule has 1 atom stereocenters. The molecule has 0 aliphatic carbocycles. The topological polar surface area (TPSA) is 151 Å². The number of hydrogen-bond donors (Lipinski definition) is 3. The summed E-state index contributed by atoms with van der Waals surface area (Å²) in [5.74, 6) is -0.539. The third-order valence-electron chi connectivity index (χ3n) is 4.49. The van der Waals surface area contributed by atoms with E-state index in [1.807, 2.05) is 0 Å². The highest BCUT2D eigenvalue weighted by molar-refractivity contribution is 5.72. The number of aromatic amines is 1. The number of nitrogens with one attached hydrogen (secondary N) is 1. The van der Waals surface area contributed by atoms with Crippen molar-refractivity contribution in [1.29, 1.82) is 5.26 Å². The molecule has 9 nitrogen and oxygen atoms in total. The van der Waals surface area contributed by atoms with E-state index in [4.69, 9.17) is 10.5 Å². The molecule has 2 heterocycles. The number of phenols is 1. The van der Waals surface area contributed by atoms with Crippen LogP contribution in [0.4, 0.5) is 5.69 Å². The van der Waals surface area contributed by atoms with Crippen LogP contribution in [0.25, 0.3) is 11.3 Å². The van der Waals surface area contributed by atoms with E-state index < -0.39 is 10.8 Å². The third kappa shape index (κ3) is 2.69. The first-order chi connectivity index (χ1) is 13.5. The molecular weight excluding hydrogens is 362 g/mol. The van der Waals surface area contributed by atoms with Gasteiger partial charge in [-0.1, -0.05) is 24.3 Å². The Morgan fingerprint density at radius 2 is 2.07 bits per heavy atom. The Bertz CT molecular complexity index is 1180. The first-order valence-electron chi connectivity index (χ1n) is 8.19. The second kappa shape index (κ2) is 6.44. The Labute approximate surface area is 158 Å². The molecule has 2 aromatic carbocycles. The zero-order valence-corrected chi connectivity index (χ0v) is 14.3. The van der Waals surface area contributed by atoms with Crippen LogP contribution in [-0.2, 0) is 0 Å². The number of hydrogen-bond acceptors (Lipinski definition) is 7. The van der Waals surface area contributed by atoms with Crippen LogP contribution in [0, 0.1) is 21.4 Å². The van der Waals surface area contributed by atoms with Gasteiger partial charge in [0.25, 0.3) is 5.69 Å². The van der Waals surface area contributed by atoms with E-state index in [-0.39, 0.29) is 28.8 Å². The largest absolute Gasteiger partial charge is 0.508 e. The van der Waals surface area contributed by atoms with Crippen LogP contribution in [0.2, 0.25) is 0 Å². The molecular formula is C19H13N5O4. The summed E-state index contributed by atoms with van der Waals surface area (Å²) >= 11 is 0. The van der Waals surface area contributed by atoms with Crippen LogP contribution in [0.1, 0.15) is 17.0 Å². The van der Waals surface area contributed by atoms with Gasteiger partial charge in [0.15, 0.2) is 0 Å². The van der Waals surface area contributed by atoms with Crippen molar-refractivity contribution < 1.29 is 14.8 Å². The number of nitro groups is 1. The molecule has 1 aromatic heterocycles. The molecule has 28 heavy (non-hydrogen) atoms. The molecule has 9 heteroatoms. The van der Waals surface area contributed by atoms with Gasteiger partial charge in [0.1, 0.15) is 17.4 Å². The number of aromatic nitrogens is 2. The van der Waals surface area contributed by atoms with E-state index in [1.54, 1.807) is 24.3 Å². The maximum absolute atomic E-state index is 11.1. The van der Waals surface area contributed by atoms with Crippen LogP contribution in [0.15, 0.2) is 60.0 Å². The molecule has 0 saturated carbocycles. The van der Waals surface area contributed by atoms with E-state index in [0.29, 0.717) is 22.4 Å². The highest BCUT2D eigenvalue weighted by atomic mass is 16.6. The number of H-pyrrole nitrogens is 1. The maximum atomic E-state index is 11.1. The summed E-state index contributed by atoms with van der Waals surface area (Å²) in [6.07, 6.45) is 0. The number of nitro benzene ring substituents is 1. The van der Waals surface area contributed by atoms with Gasteiger partial charge in [0, 0.05) is 17.7 Å². The average molecular weight is 375 g/mol. The molecule has 1 aliphatic heterocycles. The highest BCUT2D eigenvalue weighted by Gasteiger charge is 2.35. The number of nitriles is 1. The van der Waals surface area contributed by atoms with Crippen molar-refractivity contribution in [2.24, 2.45) is 5.73 Å². The van der Waals surface area contributed by atoms with Crippen molar-refractivity contribution >= 4 is 5.69 Å². The molecule has 0 amide bonds. The predicted molar refractivity (Wildman–Crippen MR) is 98.1 cm³/mol. The number of ether oxygens (including phenoxy) is 1. The Morgan fingerprint density at radius 3 is 2.79 bits per heavy atom. The van der Waals surface area contributed by atoms with Crippen LogP contribution in [0.3, 0.4) is 0 Å². The molecule has 4 N–H and O–H groups in total. The lowest BCUT2D eigenvalue weighted by Crippen LogP contribution is -2.20. The molecule has 1 unspecified atom stereocenters. The lowest BCUT2D eigenvalue weighted by molar-refractivity contribution is -0.384. The van der Waals surface area contributed by atoms with Crippen molar-refractivity contribution in [3.8, 4) is 29.0 Å². The standard InChI is InChI=1S/C19H13N5O4/c20-9-14-15(10-3-2-6-13(25)8-10)16-17(22-23-19(16)28-18(14)21)11-4-1-5-12(7-11)24(26)27/h1-8,15,25H,21H2,(H,22,23). The molecule has 138 valence electrons. The second-order valence-corrected chi connectivity index (χ2v) is 6.14. The Morgan fingerprint density at radius 1 is 1.29 bits per heavy atom. The molecule has 0 bridgehead atoms. The molecule has 0 saturated heterocycles. The van der Waals surface area contributed by atoms with Gasteiger partial charge in [-0.05, 0) is 17.7 Å². The summed E-state index contributed by atoms with van der Waals surface area (Å²) in [6, 6.07) is 14.5. The summed E-state index contributed by atoms with van der Waals surface area (Å²) in [6.45, 7) is 0. The fourth-order valence-electron chi connectivity index (χ4n) is 3.28. The van der Waals surface area contributed by atoms with E-state index >= 15 is 0 Å². The normalized spacial score (nSPS) is 15.5. The van der Waals surface area contributed by atoms with Gasteiger partial charge >= 0.3 is 0 Å². The molecule has 3 aromatic rings. The SMILES string of the molecule is N#CC1=C(N)Oc2n[nH]c(-c3cccc([N+](=O)[O-])c3)c2C1c1cccc(O)c1. The summed E-state index contributed by atoms with van der Waals surface area (Å²) < 4.78 is 5.49. The number of benzene rings is 2. The number of aromatic hydroxyl groups is 1. The maximum Gasteiger partial charge on any atom is 0.270 e. The first-order valence-corrected chi connectivity index (χ1v) is 8.19. The minimum Gasteiger partial charge on any atom is -0.508 e. The van der Waals surface area contributed by atoms with E-state index in [0.717, 1.165) is 0 Å². The summed E-state index contributed by atoms with van der Waals surface area (Å²) in [4.78, 5) is 10.6. The van der Waals surface area contributed by atoms with Gasteiger partial charge in [-0.3, -0.25) is 15.2 Å². The Hall–Kier alpha value is -4.32. The lowest BCUT2D eigenvalue weighted by atomic mass is 9.83. The number of allylic oxidation sites excluding steroid dienone is 1. The number of nitrogens with zero attached hydrogens (tertiary/aromatic N) is 3. The fourth-order valence-corrected chi connectivity index (χ4v) is 3.28. The van der Waals surface area contributed by atoms with Crippen LogP contribution in [-0.4, -0.2) is 20.2 Å². The number of fused-ring (bicyclic) bond motifs is 1. The summed E-state index contributed by atoms with van der Waals surface area (Å²) in [7, 11) is 0. The van der Waals surface area contributed by atoms with E-state index in [2.05, 4.69) is 16.3 Å². The minimum absolute atomic E-state index is 0.0294. The van der Waals surface area contributed by atoms with Gasteiger partial charge < -0.3 is 15.6 Å². The Balaban J connectivity index is 1.95. The summed E-state index contributed by atoms with van der Waals surface area (Å²) in [5, 5.41) is 37.6. The number of non-ortho nitro benzene ring substituents is 1. The summed E-state index contributed by atoms with van der Waals surface area (Å²) in [5.41, 5.74) is 8.08. The third-order valence-corrected chi connectivity index (χ3v) is 4.49. The van der Waals surface area contributed by atoms with Gasteiger partial charge in [-0.25, -0.2) is 0 Å². The zero-order chi connectivity index (χ0) is 19.8. The first kappa shape index (κ1) is 17.1. The molecule has 0 radical (unpaired) electrons. The quantitative estimate of drug-likeness (QED) is 0.470. The molecule has 1 aliphatic rings. The highest BCUT2D eigenvalue weighted by Crippen LogP contribution is 2.46. The van der Waals surface area contributed by atoms with Crippen molar-refractivity contribution in [1.82, 2.24) is 10.2 Å². The molecule has 4 rings (SSSR count). The van der Waals surface area contributed by atoms with Gasteiger partial charge in [0.05, 0.1) is 22.1 Å².